The largest absolute Gasteiger partial charge is 0.361 e. The number of nitrogens with one attached hydrogen (secondary N) is 1. The van der Waals surface area contributed by atoms with E-state index in [2.05, 4.69) is 62.7 Å². The van der Waals surface area contributed by atoms with E-state index in [0.717, 1.165) is 10.7 Å². The summed E-state index contributed by atoms with van der Waals surface area (Å²) in [6.07, 6.45) is 9.72. The average molecular weight is 239 g/mol. The van der Waals surface area contributed by atoms with Gasteiger partial charge in [0.25, 0.3) is 0 Å². The smallest absolute Gasteiger partial charge is 0.0527 e. The highest BCUT2D eigenvalue weighted by Crippen LogP contribution is 2.07. The number of H-pyrrole nitrogens is 1. The SMILES string of the molecule is C=c1/c(=C\C=C/C(C)CC)c(C)cc2cc[nH]c12. The summed E-state index contributed by atoms with van der Waals surface area (Å²) in [7, 11) is 0. The second-order valence-corrected chi connectivity index (χ2v) is 4.96. The molecule has 0 bridgehead atoms. The Morgan fingerprint density at radius 2 is 2.22 bits per heavy atom. The van der Waals surface area contributed by atoms with Crippen LogP contribution in [0.2, 0.25) is 0 Å². The number of fused-ring (bicyclic) bond motifs is 1. The van der Waals surface area contributed by atoms with Crippen molar-refractivity contribution in [2.75, 3.05) is 0 Å². The lowest BCUT2D eigenvalue weighted by atomic mass is 10.1. The first-order valence-electron chi connectivity index (χ1n) is 6.57. The number of hydrogen-bond donors (Lipinski definition) is 1. The van der Waals surface area contributed by atoms with E-state index in [4.69, 9.17) is 0 Å². The first-order valence-corrected chi connectivity index (χ1v) is 6.57. The highest BCUT2D eigenvalue weighted by atomic mass is 14.7. The number of aromatic nitrogens is 1. The molecule has 1 atom stereocenters. The van der Waals surface area contributed by atoms with Crippen molar-refractivity contribution in [1.82, 2.24) is 4.98 Å². The number of benzene rings is 1. The van der Waals surface area contributed by atoms with Gasteiger partial charge in [-0.1, -0.05) is 45.1 Å². The number of allylic oxidation sites excluding steroid dienone is 2. The van der Waals surface area contributed by atoms with Gasteiger partial charge in [-0.15, -0.1) is 0 Å². The molecule has 1 aromatic heterocycles. The lowest BCUT2D eigenvalue weighted by molar-refractivity contribution is 0.699. The summed E-state index contributed by atoms with van der Waals surface area (Å²) in [5.74, 6) is 0.629. The molecular formula is C17H21N. The molecule has 1 nitrogen and oxygen atoms in total. The van der Waals surface area contributed by atoms with Gasteiger partial charge in [0, 0.05) is 11.6 Å². The third-order valence-electron chi connectivity index (χ3n) is 3.55. The van der Waals surface area contributed by atoms with E-state index < -0.39 is 0 Å². The topological polar surface area (TPSA) is 15.8 Å². The zero-order valence-electron chi connectivity index (χ0n) is 11.5. The maximum atomic E-state index is 4.20. The summed E-state index contributed by atoms with van der Waals surface area (Å²) >= 11 is 0. The highest BCUT2D eigenvalue weighted by molar-refractivity contribution is 5.81. The van der Waals surface area contributed by atoms with Crippen molar-refractivity contribution in [3.63, 3.8) is 0 Å². The van der Waals surface area contributed by atoms with E-state index in [-0.39, 0.29) is 0 Å². The number of rotatable bonds is 3. The Morgan fingerprint density at radius 1 is 1.44 bits per heavy atom. The Morgan fingerprint density at radius 3 is 2.94 bits per heavy atom. The lowest BCUT2D eigenvalue weighted by Gasteiger charge is -1.99. The molecule has 1 aromatic carbocycles. The molecule has 2 rings (SSSR count). The van der Waals surface area contributed by atoms with Gasteiger partial charge in [-0.3, -0.25) is 0 Å². The van der Waals surface area contributed by atoms with Crippen LogP contribution in [-0.2, 0) is 0 Å². The van der Waals surface area contributed by atoms with Crippen molar-refractivity contribution in [2.45, 2.75) is 27.2 Å². The molecule has 0 saturated carbocycles. The van der Waals surface area contributed by atoms with Crippen LogP contribution in [-0.4, -0.2) is 4.98 Å². The van der Waals surface area contributed by atoms with E-state index in [1.165, 1.54) is 22.6 Å². The zero-order chi connectivity index (χ0) is 13.1. The molecule has 94 valence electrons. The summed E-state index contributed by atoms with van der Waals surface area (Å²) in [6, 6.07) is 4.30. The highest BCUT2D eigenvalue weighted by Gasteiger charge is 1.98. The van der Waals surface area contributed by atoms with Crippen LogP contribution in [0.3, 0.4) is 0 Å². The van der Waals surface area contributed by atoms with Crippen LogP contribution in [0.15, 0.2) is 30.5 Å². The van der Waals surface area contributed by atoms with Gasteiger partial charge in [0.2, 0.25) is 0 Å². The van der Waals surface area contributed by atoms with E-state index in [1.54, 1.807) is 0 Å². The minimum atomic E-state index is 0.629. The summed E-state index contributed by atoms with van der Waals surface area (Å²) < 4.78 is 0. The maximum Gasteiger partial charge on any atom is 0.0527 e. The molecule has 18 heavy (non-hydrogen) atoms. The number of aromatic amines is 1. The monoisotopic (exact) mass is 239 g/mol. The predicted molar refractivity (Wildman–Crippen MR) is 80.9 cm³/mol. The van der Waals surface area contributed by atoms with Gasteiger partial charge in [-0.2, -0.15) is 0 Å². The van der Waals surface area contributed by atoms with Crippen LogP contribution in [0.25, 0.3) is 23.6 Å². The molecule has 0 aliphatic carbocycles. The van der Waals surface area contributed by atoms with Crippen molar-refractivity contribution >= 4 is 23.6 Å². The Balaban J connectivity index is 2.53. The van der Waals surface area contributed by atoms with Crippen molar-refractivity contribution < 1.29 is 0 Å². The Kier molecular flexibility index (Phi) is 3.71. The van der Waals surface area contributed by atoms with Crippen LogP contribution in [0, 0.1) is 12.8 Å². The van der Waals surface area contributed by atoms with E-state index in [1.807, 2.05) is 6.20 Å². The van der Waals surface area contributed by atoms with Crippen LogP contribution in [0.1, 0.15) is 25.8 Å². The summed E-state index contributed by atoms with van der Waals surface area (Å²) in [5, 5.41) is 3.55. The molecule has 0 saturated heterocycles. The summed E-state index contributed by atoms with van der Waals surface area (Å²) in [6.45, 7) is 10.8. The van der Waals surface area contributed by atoms with Crippen molar-refractivity contribution in [3.05, 3.63) is 46.5 Å². The molecule has 1 N–H and O–H groups in total. The molecular weight excluding hydrogens is 218 g/mol. The summed E-state index contributed by atoms with van der Waals surface area (Å²) in [4.78, 5) is 3.26. The normalized spacial score (nSPS) is 14.7. The first-order chi connectivity index (χ1) is 8.63. The molecule has 0 spiro atoms. The van der Waals surface area contributed by atoms with Crippen LogP contribution in [0.5, 0.6) is 0 Å². The minimum absolute atomic E-state index is 0.629. The molecule has 0 aliphatic rings. The zero-order valence-corrected chi connectivity index (χ0v) is 11.5. The van der Waals surface area contributed by atoms with Crippen molar-refractivity contribution in [2.24, 2.45) is 5.92 Å². The molecule has 1 heterocycles. The first kappa shape index (κ1) is 12.7. The minimum Gasteiger partial charge on any atom is -0.361 e. The summed E-state index contributed by atoms with van der Waals surface area (Å²) in [5.41, 5.74) is 2.42. The fraction of sp³-hybridized carbons (Fsp3) is 0.294. The van der Waals surface area contributed by atoms with Gasteiger partial charge in [0.15, 0.2) is 0 Å². The third kappa shape index (κ3) is 2.40. The quantitative estimate of drug-likeness (QED) is 0.846. The van der Waals surface area contributed by atoms with E-state index in [0.29, 0.717) is 5.92 Å². The molecule has 0 aliphatic heterocycles. The predicted octanol–water partition coefficient (Wildman–Crippen LogP) is 3.27. The van der Waals surface area contributed by atoms with Crippen molar-refractivity contribution in [1.29, 1.82) is 0 Å². The Bertz CT molecular complexity index is 673. The molecule has 0 amide bonds. The molecule has 0 fully saturated rings. The second kappa shape index (κ2) is 5.26. The molecule has 1 unspecified atom stereocenters. The van der Waals surface area contributed by atoms with E-state index in [9.17, 15) is 0 Å². The number of aryl methyl sites for hydroxylation is 1. The molecule has 0 radical (unpaired) electrons. The van der Waals surface area contributed by atoms with Gasteiger partial charge >= 0.3 is 0 Å². The standard InChI is InChI=1S/C17H21N/c1-5-12(2)7-6-8-16-13(3)11-15-9-10-18-17(15)14(16)4/h6-12,18H,4-5H2,1-3H3/b7-6-,16-8-. The average Bonchev–Trinajstić information content (AvgIpc) is 2.81. The molecule has 2 aromatic rings. The maximum absolute atomic E-state index is 4.20. The Hall–Kier alpha value is -1.76. The van der Waals surface area contributed by atoms with Gasteiger partial charge in [-0.25, -0.2) is 0 Å². The van der Waals surface area contributed by atoms with Crippen LogP contribution >= 0.6 is 0 Å². The second-order valence-electron chi connectivity index (χ2n) is 4.96. The third-order valence-corrected chi connectivity index (χ3v) is 3.55. The van der Waals surface area contributed by atoms with Gasteiger partial charge in [0.1, 0.15) is 0 Å². The van der Waals surface area contributed by atoms with Crippen LogP contribution in [0.4, 0.5) is 0 Å². The van der Waals surface area contributed by atoms with Crippen molar-refractivity contribution in [3.8, 4) is 0 Å². The molecule has 1 heteroatoms. The fourth-order valence-electron chi connectivity index (χ4n) is 2.16. The van der Waals surface area contributed by atoms with Crippen LogP contribution < -0.4 is 10.4 Å². The lowest BCUT2D eigenvalue weighted by Crippen LogP contribution is -2.26. The Labute approximate surface area is 109 Å². The van der Waals surface area contributed by atoms with Gasteiger partial charge < -0.3 is 4.98 Å². The van der Waals surface area contributed by atoms with Gasteiger partial charge in [0.05, 0.1) is 5.52 Å². The van der Waals surface area contributed by atoms with Gasteiger partial charge in [-0.05, 0) is 41.0 Å². The van der Waals surface area contributed by atoms with E-state index >= 15 is 0 Å². The fourth-order valence-corrected chi connectivity index (χ4v) is 2.16. The number of hydrogen-bond acceptors (Lipinski definition) is 0.